The molecule has 36 heavy (non-hydrogen) atoms. The van der Waals surface area contributed by atoms with Crippen LogP contribution in [0.3, 0.4) is 0 Å². The first-order valence-corrected chi connectivity index (χ1v) is 11.4. The second-order valence-electron chi connectivity index (χ2n) is 8.02. The number of hydrogen-bond donors (Lipinski definition) is 1. The highest BCUT2D eigenvalue weighted by molar-refractivity contribution is 6.30. The van der Waals surface area contributed by atoms with Crippen LogP contribution in [0.1, 0.15) is 54.6 Å². The topological polar surface area (TPSA) is 133 Å². The number of aliphatic carboxylic acids is 1. The van der Waals surface area contributed by atoms with Crippen molar-refractivity contribution in [3.8, 4) is 0 Å². The molecule has 0 saturated heterocycles. The molecule has 0 aromatic heterocycles. The molecule has 0 aliphatic rings. The van der Waals surface area contributed by atoms with Crippen molar-refractivity contribution in [1.82, 2.24) is 0 Å². The van der Waals surface area contributed by atoms with Gasteiger partial charge in [0.25, 0.3) is 0 Å². The lowest BCUT2D eigenvalue weighted by molar-refractivity contribution is -0.186. The van der Waals surface area contributed by atoms with Gasteiger partial charge >= 0.3 is 23.9 Å². The van der Waals surface area contributed by atoms with Crippen molar-refractivity contribution in [3.05, 3.63) is 70.2 Å². The van der Waals surface area contributed by atoms with E-state index in [9.17, 15) is 29.1 Å². The van der Waals surface area contributed by atoms with Crippen LogP contribution < -0.4 is 0 Å². The Morgan fingerprint density at radius 1 is 0.889 bits per heavy atom. The Morgan fingerprint density at radius 2 is 1.47 bits per heavy atom. The second kappa shape index (κ2) is 12.8. The second-order valence-corrected chi connectivity index (χ2v) is 8.46. The zero-order valence-electron chi connectivity index (χ0n) is 20.1. The summed E-state index contributed by atoms with van der Waals surface area (Å²) in [7, 11) is 0. The molecular weight excluding hydrogens is 492 g/mol. The number of carbonyl (C=O) groups is 5. The smallest absolute Gasteiger partial charge is 0.330 e. The molecule has 9 nitrogen and oxygen atoms in total. The van der Waals surface area contributed by atoms with E-state index in [1.54, 1.807) is 24.3 Å². The number of ketones is 1. The van der Waals surface area contributed by atoms with Gasteiger partial charge in [0.1, 0.15) is 6.61 Å². The number of benzene rings is 2. The molecule has 2 aromatic rings. The molecule has 2 rings (SSSR count). The molecule has 2 aromatic carbocycles. The molecule has 0 saturated carbocycles. The molecule has 1 N–H and O–H groups in total. The number of carboxylic acids is 1. The van der Waals surface area contributed by atoms with E-state index in [-0.39, 0.29) is 5.56 Å². The molecule has 0 bridgehead atoms. The van der Waals surface area contributed by atoms with Crippen LogP contribution >= 0.6 is 11.6 Å². The van der Waals surface area contributed by atoms with E-state index in [1.165, 1.54) is 24.3 Å². The number of esters is 3. The van der Waals surface area contributed by atoms with Crippen molar-refractivity contribution < 1.29 is 43.3 Å². The molecule has 0 heterocycles. The van der Waals surface area contributed by atoms with Crippen molar-refractivity contribution in [1.29, 1.82) is 0 Å². The Labute approximate surface area is 213 Å². The third-order valence-corrected chi connectivity index (χ3v) is 5.89. The summed E-state index contributed by atoms with van der Waals surface area (Å²) in [6.45, 7) is 2.31. The van der Waals surface area contributed by atoms with Gasteiger partial charge in [0, 0.05) is 36.8 Å². The van der Waals surface area contributed by atoms with Crippen LogP contribution in [0, 0.1) is 5.41 Å². The van der Waals surface area contributed by atoms with E-state index in [0.717, 1.165) is 25.8 Å². The van der Waals surface area contributed by atoms with Gasteiger partial charge < -0.3 is 19.3 Å². The van der Waals surface area contributed by atoms with Gasteiger partial charge in [-0.25, -0.2) is 0 Å². The maximum atomic E-state index is 13.3. The average Bonchev–Trinajstić information content (AvgIpc) is 2.83. The summed E-state index contributed by atoms with van der Waals surface area (Å²) in [5, 5.41) is 10.7. The van der Waals surface area contributed by atoms with Crippen LogP contribution in [0.25, 0.3) is 0 Å². The van der Waals surface area contributed by atoms with Gasteiger partial charge in [-0.05, 0) is 29.7 Å². The Morgan fingerprint density at radius 3 is 1.97 bits per heavy atom. The predicted octanol–water partition coefficient (Wildman–Crippen LogP) is 3.96. The molecule has 0 fully saturated rings. The van der Waals surface area contributed by atoms with Gasteiger partial charge in [-0.1, -0.05) is 54.9 Å². The molecular formula is C26H27ClO9. The normalized spacial score (nSPS) is 13.1. The average molecular weight is 519 g/mol. The molecule has 0 aliphatic heterocycles. The summed E-state index contributed by atoms with van der Waals surface area (Å²) in [4.78, 5) is 62.0. The van der Waals surface area contributed by atoms with Crippen molar-refractivity contribution in [2.75, 3.05) is 13.4 Å². The van der Waals surface area contributed by atoms with Crippen LogP contribution in [-0.4, -0.2) is 48.2 Å². The maximum absolute atomic E-state index is 13.3. The quantitative estimate of drug-likeness (QED) is 0.192. The first kappa shape index (κ1) is 28.5. The SMILES string of the molecule is CCc1ccc(C(=O)CC(c2ccc(Cl)cc2)C(COC(C)=O)(C(=O)O)C(=O)OCOC(C)=O)cc1. The maximum Gasteiger partial charge on any atom is 0.330 e. The Hall–Kier alpha value is -3.72. The predicted molar refractivity (Wildman–Crippen MR) is 128 cm³/mol. The summed E-state index contributed by atoms with van der Waals surface area (Å²) in [6, 6.07) is 12.7. The Balaban J connectivity index is 2.61. The largest absolute Gasteiger partial charge is 0.480 e. The zero-order chi connectivity index (χ0) is 26.9. The molecule has 192 valence electrons. The van der Waals surface area contributed by atoms with Gasteiger partial charge in [-0.2, -0.15) is 0 Å². The lowest BCUT2D eigenvalue weighted by Gasteiger charge is -2.34. The Kier molecular flexibility index (Phi) is 10.2. The van der Waals surface area contributed by atoms with Crippen molar-refractivity contribution >= 4 is 41.3 Å². The number of hydrogen-bond acceptors (Lipinski definition) is 8. The van der Waals surface area contributed by atoms with Gasteiger partial charge in [-0.3, -0.25) is 24.0 Å². The number of rotatable bonds is 12. The molecule has 2 unspecified atom stereocenters. The summed E-state index contributed by atoms with van der Waals surface area (Å²) in [5.74, 6) is -6.42. The van der Waals surface area contributed by atoms with Crippen LogP contribution in [-0.2, 0) is 39.8 Å². The van der Waals surface area contributed by atoms with Gasteiger partial charge in [0.05, 0.1) is 0 Å². The summed E-state index contributed by atoms with van der Waals surface area (Å²) >= 11 is 5.99. The molecule has 0 spiro atoms. The van der Waals surface area contributed by atoms with E-state index in [0.29, 0.717) is 10.6 Å². The Bertz CT molecular complexity index is 1110. The molecule has 0 radical (unpaired) electrons. The van der Waals surface area contributed by atoms with Crippen molar-refractivity contribution in [2.24, 2.45) is 5.41 Å². The minimum absolute atomic E-state index is 0.275. The first-order chi connectivity index (χ1) is 17.0. The van der Waals surface area contributed by atoms with E-state index in [1.807, 2.05) is 6.92 Å². The number of halogens is 1. The minimum Gasteiger partial charge on any atom is -0.480 e. The molecule has 10 heteroatoms. The van der Waals surface area contributed by atoms with Crippen LogP contribution in [0.4, 0.5) is 0 Å². The highest BCUT2D eigenvalue weighted by Crippen LogP contribution is 2.42. The fourth-order valence-corrected chi connectivity index (χ4v) is 3.74. The van der Waals surface area contributed by atoms with Crippen molar-refractivity contribution in [3.63, 3.8) is 0 Å². The fraction of sp³-hybridized carbons (Fsp3) is 0.346. The number of Topliss-reactive ketones (excluding diaryl/α,β-unsaturated/α-hetero) is 1. The highest BCUT2D eigenvalue weighted by atomic mass is 35.5. The van der Waals surface area contributed by atoms with E-state index in [4.69, 9.17) is 21.1 Å². The van der Waals surface area contributed by atoms with E-state index in [2.05, 4.69) is 4.74 Å². The molecule has 0 aliphatic carbocycles. The molecule has 2 atom stereocenters. The summed E-state index contributed by atoms with van der Waals surface area (Å²) in [5.41, 5.74) is -0.953. The lowest BCUT2D eigenvalue weighted by Crippen LogP contribution is -2.50. The fourth-order valence-electron chi connectivity index (χ4n) is 3.61. The number of ether oxygens (including phenoxy) is 3. The highest BCUT2D eigenvalue weighted by Gasteiger charge is 2.56. The van der Waals surface area contributed by atoms with Gasteiger partial charge in [0.15, 0.2) is 5.78 Å². The molecule has 0 amide bonds. The third kappa shape index (κ3) is 7.14. The monoisotopic (exact) mass is 518 g/mol. The minimum atomic E-state index is -2.54. The standard InChI is InChI=1S/C26H27ClO9/c1-4-18-5-7-20(8-6-18)23(30)13-22(19-9-11-21(27)12-10-19)26(24(31)32,14-34-16(2)28)25(33)36-15-35-17(3)29/h5-12,22H,4,13-15H2,1-3H3,(H,31,32). The van der Waals surface area contributed by atoms with Gasteiger partial charge in [-0.15, -0.1) is 0 Å². The van der Waals surface area contributed by atoms with E-state index >= 15 is 0 Å². The van der Waals surface area contributed by atoms with Gasteiger partial charge in [0.2, 0.25) is 12.2 Å². The third-order valence-electron chi connectivity index (χ3n) is 5.64. The van der Waals surface area contributed by atoms with Crippen LogP contribution in [0.15, 0.2) is 48.5 Å². The number of aryl methyl sites for hydroxylation is 1. The number of carbonyl (C=O) groups excluding carboxylic acids is 4. The summed E-state index contributed by atoms with van der Waals surface area (Å²) < 4.78 is 14.6. The lowest BCUT2D eigenvalue weighted by atomic mass is 9.69. The van der Waals surface area contributed by atoms with E-state index < -0.39 is 60.8 Å². The van der Waals surface area contributed by atoms with Crippen LogP contribution in [0.2, 0.25) is 5.02 Å². The van der Waals surface area contributed by atoms with Crippen LogP contribution in [0.5, 0.6) is 0 Å². The number of carboxylic acid groups (broad SMARTS) is 1. The zero-order valence-corrected chi connectivity index (χ0v) is 20.9. The summed E-state index contributed by atoms with van der Waals surface area (Å²) in [6.07, 6.45) is 0.323. The first-order valence-electron chi connectivity index (χ1n) is 11.1. The van der Waals surface area contributed by atoms with Crippen molar-refractivity contribution in [2.45, 2.75) is 39.5 Å².